The molecule has 0 aliphatic rings. The van der Waals surface area contributed by atoms with Gasteiger partial charge in [0.15, 0.2) is 0 Å². The van der Waals surface area contributed by atoms with Gasteiger partial charge in [0, 0.05) is 13.0 Å². The average Bonchev–Trinajstić information content (AvgIpc) is 2.24. The SMILES string of the molecule is CC(C)CNCC(O)Cc1cccc(Cl)c1F. The van der Waals surface area contributed by atoms with Crippen LogP contribution in [0.4, 0.5) is 4.39 Å². The third kappa shape index (κ3) is 5.02. The number of halogens is 2. The lowest BCUT2D eigenvalue weighted by molar-refractivity contribution is 0.169. The molecule has 1 aromatic carbocycles. The Hall–Kier alpha value is -0.640. The van der Waals surface area contributed by atoms with Crippen LogP contribution in [-0.4, -0.2) is 24.3 Å². The van der Waals surface area contributed by atoms with Gasteiger partial charge in [-0.25, -0.2) is 4.39 Å². The van der Waals surface area contributed by atoms with E-state index in [0.29, 0.717) is 18.0 Å². The van der Waals surface area contributed by atoms with Gasteiger partial charge in [0.1, 0.15) is 5.82 Å². The molecule has 0 heterocycles. The number of hydrogen-bond acceptors (Lipinski definition) is 2. The van der Waals surface area contributed by atoms with E-state index >= 15 is 0 Å². The Morgan fingerprint density at radius 2 is 2.06 bits per heavy atom. The summed E-state index contributed by atoms with van der Waals surface area (Å²) in [6.07, 6.45) is -0.320. The van der Waals surface area contributed by atoms with Gasteiger partial charge in [0.25, 0.3) is 0 Å². The maximum Gasteiger partial charge on any atom is 0.145 e. The molecule has 17 heavy (non-hydrogen) atoms. The minimum atomic E-state index is -0.596. The minimum absolute atomic E-state index is 0.102. The number of aliphatic hydroxyl groups is 1. The fourth-order valence-corrected chi connectivity index (χ4v) is 1.76. The second-order valence-corrected chi connectivity index (χ2v) is 5.03. The van der Waals surface area contributed by atoms with Crippen LogP contribution in [0.15, 0.2) is 18.2 Å². The molecule has 0 saturated heterocycles. The molecule has 0 radical (unpaired) electrons. The molecule has 4 heteroatoms. The van der Waals surface area contributed by atoms with E-state index in [2.05, 4.69) is 19.2 Å². The zero-order chi connectivity index (χ0) is 12.8. The number of aliphatic hydroxyl groups excluding tert-OH is 1. The molecule has 0 spiro atoms. The molecule has 0 bridgehead atoms. The Bertz CT molecular complexity index is 357. The van der Waals surface area contributed by atoms with Crippen molar-refractivity contribution in [3.05, 3.63) is 34.6 Å². The molecule has 0 aliphatic heterocycles. The standard InChI is InChI=1S/C13H19ClFNO/c1-9(2)7-16-8-11(17)6-10-4-3-5-12(14)13(10)15/h3-5,9,11,16-17H,6-8H2,1-2H3. The van der Waals surface area contributed by atoms with Crippen molar-refractivity contribution in [2.45, 2.75) is 26.4 Å². The number of nitrogens with one attached hydrogen (secondary N) is 1. The van der Waals surface area contributed by atoms with Crippen molar-refractivity contribution in [3.8, 4) is 0 Å². The van der Waals surface area contributed by atoms with Crippen molar-refractivity contribution in [3.63, 3.8) is 0 Å². The summed E-state index contributed by atoms with van der Waals surface area (Å²) < 4.78 is 13.5. The fraction of sp³-hybridized carbons (Fsp3) is 0.538. The van der Waals surface area contributed by atoms with Gasteiger partial charge < -0.3 is 10.4 Å². The van der Waals surface area contributed by atoms with Gasteiger partial charge in [-0.15, -0.1) is 0 Å². The molecule has 1 rings (SSSR count). The van der Waals surface area contributed by atoms with Gasteiger partial charge in [-0.05, 0) is 24.1 Å². The number of benzene rings is 1. The van der Waals surface area contributed by atoms with E-state index in [4.69, 9.17) is 11.6 Å². The Morgan fingerprint density at radius 1 is 1.35 bits per heavy atom. The molecular weight excluding hydrogens is 241 g/mol. The first kappa shape index (κ1) is 14.4. The largest absolute Gasteiger partial charge is 0.391 e. The highest BCUT2D eigenvalue weighted by molar-refractivity contribution is 6.30. The average molecular weight is 260 g/mol. The smallest absolute Gasteiger partial charge is 0.145 e. The lowest BCUT2D eigenvalue weighted by Gasteiger charge is -2.14. The Labute approximate surface area is 107 Å². The molecule has 0 aromatic heterocycles. The number of hydrogen-bond donors (Lipinski definition) is 2. The summed E-state index contributed by atoms with van der Waals surface area (Å²) >= 11 is 5.67. The summed E-state index contributed by atoms with van der Waals surface area (Å²) in [5.41, 5.74) is 0.455. The van der Waals surface area contributed by atoms with E-state index < -0.39 is 11.9 Å². The lowest BCUT2D eigenvalue weighted by Crippen LogP contribution is -2.31. The summed E-state index contributed by atoms with van der Waals surface area (Å²) in [6.45, 7) is 5.49. The van der Waals surface area contributed by atoms with Gasteiger partial charge in [-0.1, -0.05) is 37.6 Å². The van der Waals surface area contributed by atoms with Crippen LogP contribution < -0.4 is 5.32 Å². The summed E-state index contributed by atoms with van der Waals surface area (Å²) in [4.78, 5) is 0. The molecule has 1 unspecified atom stereocenters. The molecule has 96 valence electrons. The van der Waals surface area contributed by atoms with E-state index in [1.165, 1.54) is 6.07 Å². The summed E-state index contributed by atoms with van der Waals surface area (Å²) in [7, 11) is 0. The van der Waals surface area contributed by atoms with Crippen molar-refractivity contribution >= 4 is 11.6 Å². The fourth-order valence-electron chi connectivity index (χ4n) is 1.57. The van der Waals surface area contributed by atoms with E-state index in [0.717, 1.165) is 6.54 Å². The van der Waals surface area contributed by atoms with Crippen LogP contribution in [0.5, 0.6) is 0 Å². The Balaban J connectivity index is 2.45. The topological polar surface area (TPSA) is 32.3 Å². The predicted octanol–water partition coefficient (Wildman–Crippen LogP) is 2.63. The quantitative estimate of drug-likeness (QED) is 0.823. The molecule has 1 atom stereocenters. The van der Waals surface area contributed by atoms with Crippen LogP contribution in [0, 0.1) is 11.7 Å². The first-order chi connectivity index (χ1) is 8.00. The molecule has 2 nitrogen and oxygen atoms in total. The van der Waals surface area contributed by atoms with Crippen LogP contribution in [0.1, 0.15) is 19.4 Å². The van der Waals surface area contributed by atoms with E-state index in [9.17, 15) is 9.50 Å². The highest BCUT2D eigenvalue weighted by atomic mass is 35.5. The molecular formula is C13H19ClFNO. The van der Waals surface area contributed by atoms with E-state index in [-0.39, 0.29) is 11.4 Å². The van der Waals surface area contributed by atoms with Crippen LogP contribution in [0.2, 0.25) is 5.02 Å². The van der Waals surface area contributed by atoms with Crippen molar-refractivity contribution in [2.75, 3.05) is 13.1 Å². The van der Waals surface area contributed by atoms with Gasteiger partial charge in [0.2, 0.25) is 0 Å². The summed E-state index contributed by atoms with van der Waals surface area (Å²) in [5.74, 6) is 0.0992. The van der Waals surface area contributed by atoms with Crippen molar-refractivity contribution in [2.24, 2.45) is 5.92 Å². The van der Waals surface area contributed by atoms with Crippen LogP contribution in [-0.2, 0) is 6.42 Å². The van der Waals surface area contributed by atoms with E-state index in [1.807, 2.05) is 0 Å². The van der Waals surface area contributed by atoms with E-state index in [1.54, 1.807) is 12.1 Å². The van der Waals surface area contributed by atoms with Crippen molar-refractivity contribution in [1.82, 2.24) is 5.32 Å². The molecule has 0 amide bonds. The second kappa shape index (κ2) is 6.94. The first-order valence-electron chi connectivity index (χ1n) is 5.82. The Kier molecular flexibility index (Phi) is 5.89. The normalized spacial score (nSPS) is 13.1. The third-order valence-corrected chi connectivity index (χ3v) is 2.71. The van der Waals surface area contributed by atoms with Gasteiger partial charge in [-0.3, -0.25) is 0 Å². The summed E-state index contributed by atoms with van der Waals surface area (Å²) in [6, 6.07) is 4.84. The third-order valence-electron chi connectivity index (χ3n) is 2.42. The second-order valence-electron chi connectivity index (χ2n) is 4.62. The zero-order valence-corrected chi connectivity index (χ0v) is 11.0. The molecule has 0 fully saturated rings. The molecule has 0 saturated carbocycles. The number of rotatable bonds is 6. The van der Waals surface area contributed by atoms with Crippen LogP contribution in [0.3, 0.4) is 0 Å². The van der Waals surface area contributed by atoms with Crippen LogP contribution in [0.25, 0.3) is 0 Å². The van der Waals surface area contributed by atoms with Gasteiger partial charge in [-0.2, -0.15) is 0 Å². The predicted molar refractivity (Wildman–Crippen MR) is 68.8 cm³/mol. The monoisotopic (exact) mass is 259 g/mol. The maximum absolute atomic E-state index is 13.5. The molecule has 0 aliphatic carbocycles. The van der Waals surface area contributed by atoms with Gasteiger partial charge >= 0.3 is 0 Å². The maximum atomic E-state index is 13.5. The molecule has 2 N–H and O–H groups in total. The lowest BCUT2D eigenvalue weighted by atomic mass is 10.1. The van der Waals surface area contributed by atoms with Gasteiger partial charge in [0.05, 0.1) is 11.1 Å². The summed E-state index contributed by atoms with van der Waals surface area (Å²) in [5, 5.41) is 13.0. The highest BCUT2D eigenvalue weighted by Gasteiger charge is 2.11. The van der Waals surface area contributed by atoms with Crippen molar-refractivity contribution < 1.29 is 9.50 Å². The van der Waals surface area contributed by atoms with Crippen molar-refractivity contribution in [1.29, 1.82) is 0 Å². The molecule has 1 aromatic rings. The minimum Gasteiger partial charge on any atom is -0.391 e. The first-order valence-corrected chi connectivity index (χ1v) is 6.20. The van der Waals surface area contributed by atoms with Crippen LogP contribution >= 0.6 is 11.6 Å². The Morgan fingerprint density at radius 3 is 2.71 bits per heavy atom. The zero-order valence-electron chi connectivity index (χ0n) is 10.2. The highest BCUT2D eigenvalue weighted by Crippen LogP contribution is 2.18.